The van der Waals surface area contributed by atoms with E-state index in [2.05, 4.69) is 11.9 Å². The number of carbonyl (C=O) groups is 1. The van der Waals surface area contributed by atoms with Gasteiger partial charge in [-0.25, -0.2) is 4.98 Å². The van der Waals surface area contributed by atoms with Gasteiger partial charge in [-0.15, -0.1) is 0 Å². The topological polar surface area (TPSA) is 30.0 Å². The summed E-state index contributed by atoms with van der Waals surface area (Å²) in [7, 11) is 0. The molecule has 100 valence electrons. The summed E-state index contributed by atoms with van der Waals surface area (Å²) in [5, 5.41) is 0.389. The Labute approximate surface area is 115 Å². The highest BCUT2D eigenvalue weighted by atomic mass is 35.5. The number of pyridine rings is 1. The highest BCUT2D eigenvalue weighted by Gasteiger charge is 2.06. The van der Waals surface area contributed by atoms with Crippen molar-refractivity contribution in [3.8, 4) is 0 Å². The third-order valence-electron chi connectivity index (χ3n) is 3.06. The maximum atomic E-state index is 11.8. The van der Waals surface area contributed by atoms with Crippen molar-refractivity contribution in [3.05, 3.63) is 29.0 Å². The van der Waals surface area contributed by atoms with Crippen LogP contribution < -0.4 is 0 Å². The summed E-state index contributed by atoms with van der Waals surface area (Å²) in [6.07, 6.45) is 10.8. The van der Waals surface area contributed by atoms with Crippen LogP contribution in [0.3, 0.4) is 0 Å². The normalized spacial score (nSPS) is 10.6. The minimum Gasteiger partial charge on any atom is -0.294 e. The Morgan fingerprint density at radius 1 is 1.17 bits per heavy atom. The Morgan fingerprint density at radius 3 is 2.50 bits per heavy atom. The van der Waals surface area contributed by atoms with E-state index < -0.39 is 0 Å². The van der Waals surface area contributed by atoms with Crippen molar-refractivity contribution in [3.63, 3.8) is 0 Å². The molecule has 1 aromatic heterocycles. The fourth-order valence-corrected chi connectivity index (χ4v) is 2.14. The summed E-state index contributed by atoms with van der Waals surface area (Å²) in [5.41, 5.74) is 0.681. The van der Waals surface area contributed by atoms with Crippen molar-refractivity contribution in [2.45, 2.75) is 58.3 Å². The van der Waals surface area contributed by atoms with Gasteiger partial charge in [0.25, 0.3) is 0 Å². The lowest BCUT2D eigenvalue weighted by Crippen LogP contribution is -1.99. The number of ketones is 1. The first-order valence-corrected chi connectivity index (χ1v) is 7.26. The zero-order valence-corrected chi connectivity index (χ0v) is 11.9. The van der Waals surface area contributed by atoms with Gasteiger partial charge in [-0.3, -0.25) is 4.79 Å². The van der Waals surface area contributed by atoms with E-state index in [9.17, 15) is 4.79 Å². The van der Waals surface area contributed by atoms with Crippen molar-refractivity contribution in [2.24, 2.45) is 0 Å². The molecule has 0 aromatic carbocycles. The van der Waals surface area contributed by atoms with Gasteiger partial charge in [0.2, 0.25) is 0 Å². The van der Waals surface area contributed by atoms with Crippen molar-refractivity contribution in [1.29, 1.82) is 0 Å². The maximum absolute atomic E-state index is 11.8. The molecular formula is C15H22ClNO. The standard InChI is InChI=1S/C15H22ClNO/c1-2-3-4-5-6-7-8-9-14(18)13-10-11-17-15(16)12-13/h10-12H,2-9H2,1H3. The Balaban J connectivity index is 2.14. The summed E-state index contributed by atoms with van der Waals surface area (Å²) >= 11 is 5.76. The molecule has 0 aliphatic heterocycles. The zero-order valence-electron chi connectivity index (χ0n) is 11.1. The molecule has 2 nitrogen and oxygen atoms in total. The fourth-order valence-electron chi connectivity index (χ4n) is 1.96. The molecule has 0 aliphatic carbocycles. The maximum Gasteiger partial charge on any atom is 0.163 e. The molecule has 0 saturated heterocycles. The van der Waals surface area contributed by atoms with Crippen LogP contribution in [0.2, 0.25) is 5.15 Å². The number of rotatable bonds is 9. The first-order valence-electron chi connectivity index (χ1n) is 6.88. The van der Waals surface area contributed by atoms with Crippen molar-refractivity contribution < 1.29 is 4.79 Å². The van der Waals surface area contributed by atoms with Crippen LogP contribution in [0, 0.1) is 0 Å². The molecule has 0 spiro atoms. The summed E-state index contributed by atoms with van der Waals surface area (Å²) in [4.78, 5) is 15.7. The van der Waals surface area contributed by atoms with Gasteiger partial charge in [0, 0.05) is 18.2 Å². The third-order valence-corrected chi connectivity index (χ3v) is 3.26. The highest BCUT2D eigenvalue weighted by molar-refractivity contribution is 6.29. The molecule has 0 bridgehead atoms. The Bertz CT molecular complexity index is 365. The van der Waals surface area contributed by atoms with Gasteiger partial charge in [0.1, 0.15) is 5.15 Å². The van der Waals surface area contributed by atoms with Gasteiger partial charge >= 0.3 is 0 Å². The summed E-state index contributed by atoms with van der Waals surface area (Å²) in [6, 6.07) is 3.38. The molecule has 1 aromatic rings. The van der Waals surface area contributed by atoms with Crippen molar-refractivity contribution in [1.82, 2.24) is 4.98 Å². The first-order chi connectivity index (χ1) is 8.74. The number of Topliss-reactive ketones (excluding diaryl/α,β-unsaturated/α-hetero) is 1. The molecule has 0 aliphatic rings. The van der Waals surface area contributed by atoms with Crippen LogP contribution in [0.1, 0.15) is 68.6 Å². The SMILES string of the molecule is CCCCCCCCCC(=O)c1ccnc(Cl)c1. The second kappa shape index (κ2) is 9.09. The number of unbranched alkanes of at least 4 members (excludes halogenated alkanes) is 6. The van der Waals surface area contributed by atoms with E-state index in [0.29, 0.717) is 17.1 Å². The van der Waals surface area contributed by atoms with Crippen molar-refractivity contribution >= 4 is 17.4 Å². The molecule has 0 amide bonds. The number of hydrogen-bond acceptors (Lipinski definition) is 2. The number of halogens is 1. The quantitative estimate of drug-likeness (QED) is 0.356. The van der Waals surface area contributed by atoms with Crippen molar-refractivity contribution in [2.75, 3.05) is 0 Å². The van der Waals surface area contributed by atoms with Gasteiger partial charge in [-0.2, -0.15) is 0 Å². The average Bonchev–Trinajstić information content (AvgIpc) is 2.37. The molecule has 0 N–H and O–H groups in total. The molecule has 0 radical (unpaired) electrons. The minimum absolute atomic E-state index is 0.174. The zero-order chi connectivity index (χ0) is 13.2. The Morgan fingerprint density at radius 2 is 1.83 bits per heavy atom. The molecule has 0 atom stereocenters. The fraction of sp³-hybridized carbons (Fsp3) is 0.600. The van der Waals surface area contributed by atoms with Gasteiger partial charge in [0.05, 0.1) is 0 Å². The lowest BCUT2D eigenvalue weighted by atomic mass is 10.0. The van der Waals surface area contributed by atoms with Gasteiger partial charge in [-0.1, -0.05) is 57.0 Å². The largest absolute Gasteiger partial charge is 0.294 e. The van der Waals surface area contributed by atoms with Crippen LogP contribution in [0.15, 0.2) is 18.3 Å². The minimum atomic E-state index is 0.174. The molecule has 0 unspecified atom stereocenters. The van der Waals surface area contributed by atoms with Crippen LogP contribution in [-0.4, -0.2) is 10.8 Å². The second-order valence-corrected chi connectivity index (χ2v) is 5.05. The van der Waals surface area contributed by atoms with Gasteiger partial charge in [-0.05, 0) is 18.6 Å². The molecule has 0 fully saturated rings. The van der Waals surface area contributed by atoms with Gasteiger partial charge < -0.3 is 0 Å². The lowest BCUT2D eigenvalue weighted by Gasteiger charge is -2.02. The smallest absolute Gasteiger partial charge is 0.163 e. The molecule has 1 heterocycles. The highest BCUT2D eigenvalue weighted by Crippen LogP contribution is 2.13. The molecule has 18 heavy (non-hydrogen) atoms. The van der Waals surface area contributed by atoms with E-state index in [1.807, 2.05) is 0 Å². The monoisotopic (exact) mass is 267 g/mol. The van der Waals surface area contributed by atoms with Crippen LogP contribution in [0.4, 0.5) is 0 Å². The summed E-state index contributed by atoms with van der Waals surface area (Å²) in [6.45, 7) is 2.22. The molecule has 1 rings (SSSR count). The molecule has 3 heteroatoms. The van der Waals surface area contributed by atoms with Crippen LogP contribution in [-0.2, 0) is 0 Å². The number of hydrogen-bond donors (Lipinski definition) is 0. The van der Waals surface area contributed by atoms with Gasteiger partial charge in [0.15, 0.2) is 5.78 Å². The number of aromatic nitrogens is 1. The first kappa shape index (κ1) is 15.2. The lowest BCUT2D eigenvalue weighted by molar-refractivity contribution is 0.0979. The predicted molar refractivity (Wildman–Crippen MR) is 76.2 cm³/mol. The third kappa shape index (κ3) is 6.15. The number of nitrogens with zero attached hydrogens (tertiary/aromatic N) is 1. The molecular weight excluding hydrogens is 246 g/mol. The summed E-state index contributed by atoms with van der Waals surface area (Å²) in [5.74, 6) is 0.174. The van der Waals surface area contributed by atoms with E-state index in [4.69, 9.17) is 11.6 Å². The van der Waals surface area contributed by atoms with Crippen LogP contribution in [0.5, 0.6) is 0 Å². The molecule has 0 saturated carbocycles. The van der Waals surface area contributed by atoms with Crippen LogP contribution >= 0.6 is 11.6 Å². The number of carbonyl (C=O) groups excluding carboxylic acids is 1. The second-order valence-electron chi connectivity index (χ2n) is 4.66. The van der Waals surface area contributed by atoms with E-state index in [0.717, 1.165) is 12.8 Å². The van der Waals surface area contributed by atoms with E-state index in [1.54, 1.807) is 18.3 Å². The predicted octanol–water partition coefficient (Wildman–Crippen LogP) is 5.06. The van der Waals surface area contributed by atoms with E-state index >= 15 is 0 Å². The Hall–Kier alpha value is -0.890. The van der Waals surface area contributed by atoms with Crippen LogP contribution in [0.25, 0.3) is 0 Å². The summed E-state index contributed by atoms with van der Waals surface area (Å²) < 4.78 is 0. The van der Waals surface area contributed by atoms with E-state index in [-0.39, 0.29) is 5.78 Å². The Kier molecular flexibility index (Phi) is 7.66. The van der Waals surface area contributed by atoms with E-state index in [1.165, 1.54) is 32.1 Å². The average molecular weight is 268 g/mol.